The molecule has 0 aliphatic carbocycles. The summed E-state index contributed by atoms with van der Waals surface area (Å²) in [6.45, 7) is 9.91. The van der Waals surface area contributed by atoms with Crippen LogP contribution in [0, 0.1) is 6.92 Å². The molecule has 0 aromatic heterocycles. The van der Waals surface area contributed by atoms with Crippen molar-refractivity contribution in [2.45, 2.75) is 59.5 Å². The van der Waals surface area contributed by atoms with Gasteiger partial charge in [0.15, 0.2) is 0 Å². The largest absolute Gasteiger partial charge is 0.463 e. The fourth-order valence-corrected chi connectivity index (χ4v) is 4.10. The average Bonchev–Trinajstić information content (AvgIpc) is 2.76. The van der Waals surface area contributed by atoms with Crippen LogP contribution in [-0.4, -0.2) is 35.3 Å². The second-order valence-corrected chi connectivity index (χ2v) is 8.70. The zero-order valence-corrected chi connectivity index (χ0v) is 20.0. The van der Waals surface area contributed by atoms with Crippen LogP contribution in [0.15, 0.2) is 59.8 Å². The number of ether oxygens (including phenoxy) is 1. The molecule has 0 saturated heterocycles. The Morgan fingerprint density at radius 1 is 1.12 bits per heavy atom. The van der Waals surface area contributed by atoms with Gasteiger partial charge in [-0.05, 0) is 57.9 Å². The molecule has 0 spiro atoms. The topological polar surface area (TPSA) is 75.7 Å². The van der Waals surface area contributed by atoms with Gasteiger partial charge in [0.1, 0.15) is 0 Å². The summed E-state index contributed by atoms with van der Waals surface area (Å²) in [6, 6.07) is 15.1. The van der Waals surface area contributed by atoms with Crippen LogP contribution < -0.4 is 5.32 Å². The summed E-state index contributed by atoms with van der Waals surface area (Å²) in [6.07, 6.45) is 0.183. The van der Waals surface area contributed by atoms with Crippen molar-refractivity contribution in [1.29, 1.82) is 0 Å². The summed E-state index contributed by atoms with van der Waals surface area (Å²) in [4.78, 5) is 40.2. The molecule has 1 heterocycles. The maximum absolute atomic E-state index is 13.2. The van der Waals surface area contributed by atoms with Crippen LogP contribution >= 0.6 is 0 Å². The highest BCUT2D eigenvalue weighted by Gasteiger charge is 2.36. The molecule has 0 bridgehead atoms. The van der Waals surface area contributed by atoms with E-state index in [-0.39, 0.29) is 43.3 Å². The number of amides is 2. The Hall–Kier alpha value is -3.41. The van der Waals surface area contributed by atoms with Gasteiger partial charge in [0.05, 0.1) is 18.7 Å². The van der Waals surface area contributed by atoms with E-state index in [0.717, 1.165) is 16.7 Å². The first kappa shape index (κ1) is 24.2. The van der Waals surface area contributed by atoms with E-state index in [9.17, 15) is 14.4 Å². The highest BCUT2D eigenvalue weighted by molar-refractivity contribution is 5.96. The molecule has 1 N–H and O–H groups in total. The van der Waals surface area contributed by atoms with Gasteiger partial charge in [-0.3, -0.25) is 9.59 Å². The first-order valence-corrected chi connectivity index (χ1v) is 11.4. The quantitative estimate of drug-likeness (QED) is 0.634. The highest BCUT2D eigenvalue weighted by Crippen LogP contribution is 2.37. The minimum Gasteiger partial charge on any atom is -0.463 e. The van der Waals surface area contributed by atoms with Gasteiger partial charge < -0.3 is 15.0 Å². The summed E-state index contributed by atoms with van der Waals surface area (Å²) in [5.74, 6) is -0.974. The summed E-state index contributed by atoms with van der Waals surface area (Å²) >= 11 is 0. The minimum absolute atomic E-state index is 0.0286. The van der Waals surface area contributed by atoms with Gasteiger partial charge in [-0.2, -0.15) is 0 Å². The minimum atomic E-state index is -0.400. The third kappa shape index (κ3) is 5.69. The Morgan fingerprint density at radius 3 is 2.45 bits per heavy atom. The molecule has 0 radical (unpaired) electrons. The van der Waals surface area contributed by atoms with E-state index in [1.54, 1.807) is 36.9 Å². The van der Waals surface area contributed by atoms with Crippen molar-refractivity contribution in [3.63, 3.8) is 0 Å². The van der Waals surface area contributed by atoms with Crippen LogP contribution in [0.4, 0.5) is 0 Å². The van der Waals surface area contributed by atoms with E-state index in [0.29, 0.717) is 16.8 Å². The number of esters is 1. The molecule has 6 heteroatoms. The van der Waals surface area contributed by atoms with Crippen LogP contribution in [0.1, 0.15) is 67.1 Å². The molecule has 2 aromatic rings. The number of nitrogens with one attached hydrogen (secondary N) is 1. The molecule has 2 amide bonds. The fourth-order valence-electron chi connectivity index (χ4n) is 4.10. The van der Waals surface area contributed by atoms with Crippen LogP contribution in [-0.2, 0) is 20.9 Å². The SMILES string of the molecule is CCOC(=O)C1=C(C)N(Cc2cccc(C(=O)NC(C)C)c2)C(=O)CC1c1ccc(C)cc1. The number of nitrogens with zero attached hydrogens (tertiary/aromatic N) is 1. The number of carbonyl (C=O) groups excluding carboxylic acids is 3. The zero-order chi connectivity index (χ0) is 24.1. The van der Waals surface area contributed by atoms with Crippen molar-refractivity contribution in [3.05, 3.63) is 82.1 Å². The van der Waals surface area contributed by atoms with E-state index in [1.807, 2.05) is 51.1 Å². The van der Waals surface area contributed by atoms with Gasteiger partial charge in [-0.25, -0.2) is 4.79 Å². The first-order chi connectivity index (χ1) is 15.7. The Bertz CT molecular complexity index is 1070. The molecule has 0 fully saturated rings. The smallest absolute Gasteiger partial charge is 0.336 e. The standard InChI is InChI=1S/C27H32N2O4/c1-6-33-27(32)25-19(5)29(24(30)15-23(25)21-12-10-18(4)11-13-21)16-20-8-7-9-22(14-20)26(31)28-17(2)3/h7-14,17,23H,6,15-16H2,1-5H3,(H,28,31). The predicted octanol–water partition coefficient (Wildman–Crippen LogP) is 4.49. The third-order valence-corrected chi connectivity index (χ3v) is 5.75. The number of benzene rings is 2. The molecule has 1 atom stereocenters. The van der Waals surface area contributed by atoms with Crippen molar-refractivity contribution < 1.29 is 19.1 Å². The average molecular weight is 449 g/mol. The van der Waals surface area contributed by atoms with Crippen molar-refractivity contribution in [1.82, 2.24) is 10.2 Å². The molecule has 174 valence electrons. The molecule has 0 saturated carbocycles. The van der Waals surface area contributed by atoms with Crippen molar-refractivity contribution in [3.8, 4) is 0 Å². The van der Waals surface area contributed by atoms with Gasteiger partial charge in [0.25, 0.3) is 5.91 Å². The number of rotatable bonds is 7. The molecule has 1 aliphatic rings. The fraction of sp³-hybridized carbons (Fsp3) is 0.370. The van der Waals surface area contributed by atoms with E-state index in [4.69, 9.17) is 4.74 Å². The van der Waals surface area contributed by atoms with Crippen LogP contribution in [0.2, 0.25) is 0 Å². The van der Waals surface area contributed by atoms with Crippen molar-refractivity contribution in [2.24, 2.45) is 0 Å². The highest BCUT2D eigenvalue weighted by atomic mass is 16.5. The summed E-state index contributed by atoms with van der Waals surface area (Å²) in [5.41, 5.74) is 4.48. The van der Waals surface area contributed by atoms with Gasteiger partial charge >= 0.3 is 5.97 Å². The lowest BCUT2D eigenvalue weighted by atomic mass is 9.83. The molecular weight excluding hydrogens is 416 g/mol. The van der Waals surface area contributed by atoms with Crippen molar-refractivity contribution >= 4 is 17.8 Å². The lowest BCUT2D eigenvalue weighted by Crippen LogP contribution is -2.38. The molecule has 2 aromatic carbocycles. The molecule has 6 nitrogen and oxygen atoms in total. The molecule has 3 rings (SSSR count). The lowest BCUT2D eigenvalue weighted by molar-refractivity contribution is -0.140. The maximum atomic E-state index is 13.2. The maximum Gasteiger partial charge on any atom is 0.336 e. The van der Waals surface area contributed by atoms with E-state index in [1.165, 1.54) is 0 Å². The number of carbonyl (C=O) groups is 3. The number of allylic oxidation sites excluding steroid dienone is 1. The first-order valence-electron chi connectivity index (χ1n) is 11.4. The second kappa shape index (κ2) is 10.5. The van der Waals surface area contributed by atoms with E-state index in [2.05, 4.69) is 5.32 Å². The Morgan fingerprint density at radius 2 is 1.82 bits per heavy atom. The Balaban J connectivity index is 1.96. The number of aryl methyl sites for hydroxylation is 1. The second-order valence-electron chi connectivity index (χ2n) is 8.70. The third-order valence-electron chi connectivity index (χ3n) is 5.75. The number of hydrogen-bond donors (Lipinski definition) is 1. The lowest BCUT2D eigenvalue weighted by Gasteiger charge is -2.34. The normalized spacial score (nSPS) is 16.2. The zero-order valence-electron chi connectivity index (χ0n) is 20.0. The summed E-state index contributed by atoms with van der Waals surface area (Å²) in [7, 11) is 0. The molecule has 33 heavy (non-hydrogen) atoms. The Labute approximate surface area is 195 Å². The van der Waals surface area contributed by atoms with Gasteiger partial charge in [0.2, 0.25) is 5.91 Å². The van der Waals surface area contributed by atoms with Crippen molar-refractivity contribution in [2.75, 3.05) is 6.61 Å². The van der Waals surface area contributed by atoms with Gasteiger partial charge in [0, 0.05) is 29.6 Å². The van der Waals surface area contributed by atoms with E-state index >= 15 is 0 Å². The Kier molecular flexibility index (Phi) is 7.69. The monoisotopic (exact) mass is 448 g/mol. The number of hydrogen-bond acceptors (Lipinski definition) is 4. The van der Waals surface area contributed by atoms with Gasteiger partial charge in [-0.1, -0.05) is 42.0 Å². The molecule has 1 aliphatic heterocycles. The van der Waals surface area contributed by atoms with Gasteiger partial charge in [-0.15, -0.1) is 0 Å². The molecule has 1 unspecified atom stereocenters. The summed E-state index contributed by atoms with van der Waals surface area (Å²) < 4.78 is 5.36. The summed E-state index contributed by atoms with van der Waals surface area (Å²) in [5, 5.41) is 2.88. The van der Waals surface area contributed by atoms with E-state index < -0.39 is 5.97 Å². The van der Waals surface area contributed by atoms with Crippen LogP contribution in [0.3, 0.4) is 0 Å². The molecular formula is C27H32N2O4. The predicted molar refractivity (Wildman–Crippen MR) is 127 cm³/mol. The van der Waals surface area contributed by atoms with Crippen LogP contribution in [0.25, 0.3) is 0 Å². The van der Waals surface area contributed by atoms with Crippen LogP contribution in [0.5, 0.6) is 0 Å².